The van der Waals surface area contributed by atoms with Crippen molar-refractivity contribution in [2.75, 3.05) is 12.4 Å². The first-order valence-corrected chi connectivity index (χ1v) is 6.71. The molecule has 0 spiro atoms. The Balaban J connectivity index is 1.71. The summed E-state index contributed by atoms with van der Waals surface area (Å²) in [5.41, 5.74) is 1.26. The van der Waals surface area contributed by atoms with Gasteiger partial charge in [-0.05, 0) is 24.3 Å². The van der Waals surface area contributed by atoms with Gasteiger partial charge in [0, 0.05) is 18.7 Å². The van der Waals surface area contributed by atoms with Gasteiger partial charge >= 0.3 is 0 Å². The summed E-state index contributed by atoms with van der Waals surface area (Å²) in [4.78, 5) is 12.1. The van der Waals surface area contributed by atoms with E-state index in [1.54, 1.807) is 25.4 Å². The number of hydrogen-bond acceptors (Lipinski definition) is 5. The number of ether oxygens (including phenoxy) is 1. The lowest BCUT2D eigenvalue weighted by Gasteiger charge is -1.98. The Morgan fingerprint density at radius 2 is 2.17 bits per heavy atom. The number of aromatic nitrogens is 3. The third-order valence-electron chi connectivity index (χ3n) is 3.02. The van der Waals surface area contributed by atoms with Crippen LogP contribution in [0.2, 0.25) is 0 Å². The summed E-state index contributed by atoms with van der Waals surface area (Å²) in [7, 11) is 1.55. The molecular formula is C15H13FN4O3. The van der Waals surface area contributed by atoms with Gasteiger partial charge in [0.15, 0.2) is 11.5 Å². The standard InChI is InChI=1S/C15H13FN4O3/c1-22-9-20-8-12(7-17-20)18-15(21)13-6-14(23-19-13)10-2-4-11(16)5-3-10/h2-8H,9H2,1H3,(H,18,21). The lowest BCUT2D eigenvalue weighted by Crippen LogP contribution is -2.11. The molecule has 0 fully saturated rings. The molecule has 0 saturated heterocycles. The fraction of sp³-hybridized carbons (Fsp3) is 0.133. The highest BCUT2D eigenvalue weighted by Crippen LogP contribution is 2.21. The van der Waals surface area contributed by atoms with Crippen molar-refractivity contribution < 1.29 is 18.4 Å². The Hall–Kier alpha value is -3.00. The molecule has 0 aliphatic heterocycles. The number of benzene rings is 1. The van der Waals surface area contributed by atoms with Crippen LogP contribution in [-0.2, 0) is 11.5 Å². The summed E-state index contributed by atoms with van der Waals surface area (Å²) in [6, 6.07) is 7.20. The van der Waals surface area contributed by atoms with Crippen molar-refractivity contribution in [3.63, 3.8) is 0 Å². The van der Waals surface area contributed by atoms with Crippen LogP contribution >= 0.6 is 0 Å². The van der Waals surface area contributed by atoms with Crippen molar-refractivity contribution in [2.24, 2.45) is 0 Å². The Morgan fingerprint density at radius 3 is 2.91 bits per heavy atom. The summed E-state index contributed by atoms with van der Waals surface area (Å²) in [5.74, 6) is -0.399. The molecule has 2 heterocycles. The van der Waals surface area contributed by atoms with Crippen LogP contribution in [0.5, 0.6) is 0 Å². The Morgan fingerprint density at radius 1 is 1.39 bits per heavy atom. The van der Waals surface area contributed by atoms with Crippen LogP contribution in [-0.4, -0.2) is 28.0 Å². The topological polar surface area (TPSA) is 82.2 Å². The Labute approximate surface area is 130 Å². The van der Waals surface area contributed by atoms with Gasteiger partial charge in [-0.25, -0.2) is 9.07 Å². The van der Waals surface area contributed by atoms with E-state index in [1.165, 1.54) is 29.1 Å². The predicted molar refractivity (Wildman–Crippen MR) is 79.1 cm³/mol. The monoisotopic (exact) mass is 316 g/mol. The number of carbonyl (C=O) groups excluding carboxylic acids is 1. The third-order valence-corrected chi connectivity index (χ3v) is 3.02. The van der Waals surface area contributed by atoms with Gasteiger partial charge in [-0.2, -0.15) is 5.10 Å². The minimum Gasteiger partial charge on any atom is -0.362 e. The molecule has 0 aliphatic carbocycles. The maximum atomic E-state index is 12.9. The lowest BCUT2D eigenvalue weighted by atomic mass is 10.1. The molecule has 118 valence electrons. The SMILES string of the molecule is COCn1cc(NC(=O)c2cc(-c3ccc(F)cc3)on2)cn1. The van der Waals surface area contributed by atoms with Crippen LogP contribution < -0.4 is 5.32 Å². The Kier molecular flexibility index (Phi) is 4.15. The zero-order valence-electron chi connectivity index (χ0n) is 12.2. The second kappa shape index (κ2) is 6.41. The van der Waals surface area contributed by atoms with E-state index in [0.717, 1.165) is 0 Å². The third kappa shape index (κ3) is 3.43. The number of nitrogens with one attached hydrogen (secondary N) is 1. The van der Waals surface area contributed by atoms with Crippen molar-refractivity contribution >= 4 is 11.6 Å². The molecule has 1 amide bonds. The van der Waals surface area contributed by atoms with E-state index >= 15 is 0 Å². The molecule has 23 heavy (non-hydrogen) atoms. The normalized spacial score (nSPS) is 10.7. The van der Waals surface area contributed by atoms with E-state index in [2.05, 4.69) is 15.6 Å². The zero-order chi connectivity index (χ0) is 16.2. The van der Waals surface area contributed by atoms with Crippen LogP contribution in [0.4, 0.5) is 10.1 Å². The number of nitrogens with zero attached hydrogens (tertiary/aromatic N) is 3. The van der Waals surface area contributed by atoms with E-state index in [4.69, 9.17) is 9.26 Å². The molecule has 1 aromatic carbocycles. The average molecular weight is 316 g/mol. The zero-order valence-corrected chi connectivity index (χ0v) is 12.2. The van der Waals surface area contributed by atoms with Gasteiger partial charge in [0.1, 0.15) is 12.5 Å². The molecule has 3 aromatic rings. The number of methoxy groups -OCH3 is 1. The summed E-state index contributed by atoms with van der Waals surface area (Å²) in [6.45, 7) is 0.286. The molecule has 0 aliphatic rings. The average Bonchev–Trinajstić information content (AvgIpc) is 3.18. The first kappa shape index (κ1) is 14.9. The van der Waals surface area contributed by atoms with E-state index in [9.17, 15) is 9.18 Å². The van der Waals surface area contributed by atoms with Gasteiger partial charge < -0.3 is 14.6 Å². The summed E-state index contributed by atoms with van der Waals surface area (Å²) < 4.78 is 24.5. The summed E-state index contributed by atoms with van der Waals surface area (Å²) in [6.07, 6.45) is 3.13. The van der Waals surface area contributed by atoms with Crippen LogP contribution in [0.25, 0.3) is 11.3 Å². The molecule has 2 aromatic heterocycles. The predicted octanol–water partition coefficient (Wildman–Crippen LogP) is 2.53. The molecule has 8 heteroatoms. The van der Waals surface area contributed by atoms with Gasteiger partial charge in [-0.15, -0.1) is 0 Å². The molecule has 0 saturated carbocycles. The van der Waals surface area contributed by atoms with Crippen molar-refractivity contribution in [2.45, 2.75) is 6.73 Å². The summed E-state index contributed by atoms with van der Waals surface area (Å²) >= 11 is 0. The number of carbonyl (C=O) groups is 1. The summed E-state index contributed by atoms with van der Waals surface area (Å²) in [5, 5.41) is 10.4. The first-order chi connectivity index (χ1) is 11.2. The van der Waals surface area contributed by atoms with E-state index < -0.39 is 5.91 Å². The maximum Gasteiger partial charge on any atom is 0.277 e. The largest absolute Gasteiger partial charge is 0.362 e. The number of halogens is 1. The van der Waals surface area contributed by atoms with E-state index in [-0.39, 0.29) is 18.2 Å². The smallest absolute Gasteiger partial charge is 0.277 e. The molecular weight excluding hydrogens is 303 g/mol. The first-order valence-electron chi connectivity index (χ1n) is 6.71. The van der Waals surface area contributed by atoms with Crippen molar-refractivity contribution in [3.05, 3.63) is 54.2 Å². The molecule has 0 unspecified atom stereocenters. The van der Waals surface area contributed by atoms with Gasteiger partial charge in [0.25, 0.3) is 5.91 Å². The minimum absolute atomic E-state index is 0.115. The van der Waals surface area contributed by atoms with E-state index in [0.29, 0.717) is 17.0 Å². The molecule has 0 radical (unpaired) electrons. The number of hydrogen-bond donors (Lipinski definition) is 1. The fourth-order valence-corrected chi connectivity index (χ4v) is 1.96. The molecule has 1 N–H and O–H groups in total. The number of rotatable bonds is 5. The highest BCUT2D eigenvalue weighted by molar-refractivity contribution is 6.03. The minimum atomic E-state index is -0.431. The van der Waals surface area contributed by atoms with Gasteiger partial charge in [-0.1, -0.05) is 5.16 Å². The van der Waals surface area contributed by atoms with Crippen LogP contribution in [0.1, 0.15) is 10.5 Å². The van der Waals surface area contributed by atoms with E-state index in [1.807, 2.05) is 0 Å². The Bertz CT molecular complexity index is 810. The molecule has 0 bridgehead atoms. The lowest BCUT2D eigenvalue weighted by molar-refractivity contribution is 0.101. The van der Waals surface area contributed by atoms with Crippen molar-refractivity contribution in [3.8, 4) is 11.3 Å². The van der Waals surface area contributed by atoms with Gasteiger partial charge in [0.2, 0.25) is 0 Å². The molecule has 0 atom stereocenters. The second-order valence-corrected chi connectivity index (χ2v) is 4.72. The second-order valence-electron chi connectivity index (χ2n) is 4.72. The molecule has 7 nitrogen and oxygen atoms in total. The van der Waals surface area contributed by atoms with Gasteiger partial charge in [0.05, 0.1) is 18.1 Å². The van der Waals surface area contributed by atoms with Gasteiger partial charge in [-0.3, -0.25) is 4.79 Å². The maximum absolute atomic E-state index is 12.9. The van der Waals surface area contributed by atoms with Crippen LogP contribution in [0, 0.1) is 5.82 Å². The van der Waals surface area contributed by atoms with Crippen LogP contribution in [0.15, 0.2) is 47.2 Å². The van der Waals surface area contributed by atoms with Crippen molar-refractivity contribution in [1.82, 2.24) is 14.9 Å². The quantitative estimate of drug-likeness (QED) is 0.782. The number of amides is 1. The number of anilines is 1. The van der Waals surface area contributed by atoms with Crippen LogP contribution in [0.3, 0.4) is 0 Å². The highest BCUT2D eigenvalue weighted by Gasteiger charge is 2.14. The highest BCUT2D eigenvalue weighted by atomic mass is 19.1. The van der Waals surface area contributed by atoms with Crippen molar-refractivity contribution in [1.29, 1.82) is 0 Å². The molecule has 3 rings (SSSR count). The fourth-order valence-electron chi connectivity index (χ4n) is 1.96.